The molecule has 8 aromatic carbocycles. The molecule has 0 radical (unpaired) electrons. The van der Waals surface area contributed by atoms with E-state index in [9.17, 15) is 46.1 Å². The summed E-state index contributed by atoms with van der Waals surface area (Å²) in [6, 6.07) is 34.6. The van der Waals surface area contributed by atoms with E-state index in [4.69, 9.17) is 32.7 Å². The summed E-state index contributed by atoms with van der Waals surface area (Å²) in [6.45, 7) is 3.07. The zero-order valence-corrected chi connectivity index (χ0v) is 46.3. The number of aliphatic imine (C=N–C) groups is 1. The minimum Gasteiger partial charge on any atom is -0.871 e. The van der Waals surface area contributed by atoms with Crippen LogP contribution in [0.3, 0.4) is 0 Å². The van der Waals surface area contributed by atoms with Gasteiger partial charge in [0.2, 0.25) is 0 Å². The molecule has 0 aromatic heterocycles. The van der Waals surface area contributed by atoms with Crippen molar-refractivity contribution in [1.29, 1.82) is 0 Å². The van der Waals surface area contributed by atoms with Crippen molar-refractivity contribution >= 4 is 160 Å². The van der Waals surface area contributed by atoms with Gasteiger partial charge in [-0.15, -0.1) is 15.3 Å². The molecule has 18 nitrogen and oxygen atoms in total. The number of nitrogens with one attached hydrogen (secondary N) is 1. The molecule has 0 aliphatic heterocycles. The molecule has 23 heteroatoms. The molecule has 0 fully saturated rings. The van der Waals surface area contributed by atoms with Crippen LogP contribution in [0, 0.1) is 13.8 Å². The molecule has 0 heterocycles. The van der Waals surface area contributed by atoms with Crippen LogP contribution in [0.2, 0.25) is 10.0 Å². The van der Waals surface area contributed by atoms with Crippen molar-refractivity contribution in [3.05, 3.63) is 166 Å². The number of carbonyl (C=O) groups is 1. The van der Waals surface area contributed by atoms with Gasteiger partial charge in [-0.25, -0.2) is 0 Å². The van der Waals surface area contributed by atoms with Crippen molar-refractivity contribution < 1.29 is 55.5 Å². The van der Waals surface area contributed by atoms with Crippen LogP contribution in [0.4, 0.5) is 34.1 Å². The fraction of sp³-hybridized carbons (Fsp3) is 0.0800. The second kappa shape index (κ2) is 23.6. The van der Waals surface area contributed by atoms with E-state index < -0.39 is 48.4 Å². The number of ether oxygens (including phenoxy) is 2. The maximum absolute atomic E-state index is 13.3. The van der Waals surface area contributed by atoms with Gasteiger partial charge in [0.15, 0.2) is 5.75 Å². The number of phenols is 1. The summed E-state index contributed by atoms with van der Waals surface area (Å²) >= 11 is 12.4. The molecular weight excluding hydrogens is 1150 g/mol. The summed E-state index contributed by atoms with van der Waals surface area (Å²) in [5, 5.41) is 58.5. The fourth-order valence-corrected chi connectivity index (χ4v) is 9.00. The van der Waals surface area contributed by atoms with E-state index in [0.717, 1.165) is 12.1 Å². The third-order valence-electron chi connectivity index (χ3n) is 10.6. The molecule has 0 atom stereocenters. The number of hydrogen-bond acceptors (Lipinski definition) is 15. The summed E-state index contributed by atoms with van der Waals surface area (Å²) in [5.74, 6) is -1.36. The number of hydrogen-bond donors (Lipinski definition) is 4. The molecule has 0 saturated heterocycles. The van der Waals surface area contributed by atoms with E-state index in [1.54, 1.807) is 110 Å². The van der Waals surface area contributed by atoms with Crippen LogP contribution in [-0.4, -0.2) is 106 Å². The van der Waals surface area contributed by atoms with Gasteiger partial charge in [-0.1, -0.05) is 89.6 Å². The number of anilines is 1. The summed E-state index contributed by atoms with van der Waals surface area (Å²) in [5.41, 5.74) is 1.34. The van der Waals surface area contributed by atoms with E-state index in [1.807, 2.05) is 0 Å². The molecule has 0 unspecified atom stereocenters. The minimum atomic E-state index is -4.48. The average molecular weight is 1190 g/mol. The summed E-state index contributed by atoms with van der Waals surface area (Å²) in [4.78, 5) is 16.3. The Hall–Kier alpha value is -6.41. The molecule has 8 rings (SSSR count). The summed E-state index contributed by atoms with van der Waals surface area (Å²) in [6.07, 6.45) is 0. The molecule has 1 amide bonds. The summed E-state index contributed by atoms with van der Waals surface area (Å²) in [7, 11) is -5.94. The van der Waals surface area contributed by atoms with Crippen LogP contribution >= 0.6 is 23.2 Å². The Balaban J connectivity index is 0.000000235. The molecule has 0 spiro atoms. The van der Waals surface area contributed by atoms with Gasteiger partial charge in [-0.05, 0) is 108 Å². The monoisotopic (exact) mass is 1190 g/mol. The Labute approximate surface area is 468 Å². The Morgan fingerprint density at radius 2 is 1.07 bits per heavy atom. The Kier molecular flexibility index (Phi) is 18.1. The van der Waals surface area contributed by atoms with Crippen molar-refractivity contribution in [2.24, 2.45) is 25.4 Å². The number of amides is 1. The first-order chi connectivity index (χ1) is 34.2. The Morgan fingerprint density at radius 1 is 0.603 bits per heavy atom. The van der Waals surface area contributed by atoms with Gasteiger partial charge in [-0.2, -0.15) is 21.9 Å². The molecule has 73 heavy (non-hydrogen) atoms. The van der Waals surface area contributed by atoms with Gasteiger partial charge in [0.05, 0.1) is 51.0 Å². The molecule has 8 aromatic rings. The minimum absolute atomic E-state index is 0. The number of methoxy groups -OCH3 is 2. The van der Waals surface area contributed by atoms with Crippen LogP contribution in [0.1, 0.15) is 27.0 Å². The van der Waals surface area contributed by atoms with E-state index in [-0.39, 0.29) is 97.7 Å². The number of fused-ring (bicyclic) bond motifs is 2. The SMILES string of the molecule is COc1cccc(N=C([O-])c2cc3ccccc3c(N=Nc3c(C)cc(S(=O)(=O)O)cc3Cl)c2[O-])c1.COc1cccc(NC(=O)c2cc3ccccc3c(N=Nc3c(C)cc(S(=O)(=O)O)cc3Cl)c2O)c1.[Ba+2]. The van der Waals surface area contributed by atoms with Crippen LogP contribution < -0.4 is 25.0 Å². The number of benzene rings is 8. The number of carbonyl (C=O) groups excluding carboxylic acids is 1. The third kappa shape index (κ3) is 13.2. The van der Waals surface area contributed by atoms with E-state index in [2.05, 4.69) is 30.8 Å². The van der Waals surface area contributed by atoms with Gasteiger partial charge in [0.1, 0.15) is 28.6 Å². The molecule has 0 aliphatic rings. The van der Waals surface area contributed by atoms with Gasteiger partial charge in [-0.3, -0.25) is 18.9 Å². The summed E-state index contributed by atoms with van der Waals surface area (Å²) < 4.78 is 74.7. The molecule has 0 aliphatic carbocycles. The third-order valence-corrected chi connectivity index (χ3v) is 12.8. The van der Waals surface area contributed by atoms with Crippen LogP contribution in [0.25, 0.3) is 21.5 Å². The van der Waals surface area contributed by atoms with E-state index >= 15 is 0 Å². The number of nitrogens with zero attached hydrogens (tertiary/aromatic N) is 5. The van der Waals surface area contributed by atoms with Gasteiger partial charge in [0, 0.05) is 28.6 Å². The van der Waals surface area contributed by atoms with Crippen molar-refractivity contribution in [2.45, 2.75) is 23.6 Å². The maximum Gasteiger partial charge on any atom is 2.00 e. The van der Waals surface area contributed by atoms with Crippen molar-refractivity contribution in [3.8, 4) is 23.0 Å². The van der Waals surface area contributed by atoms with E-state index in [0.29, 0.717) is 55.5 Å². The first-order valence-electron chi connectivity index (χ1n) is 20.9. The number of aryl methyl sites for hydroxylation is 2. The number of aromatic hydroxyl groups is 1. The molecular formula is C50H38BaCl2N6O12S2. The van der Waals surface area contributed by atoms with Gasteiger partial charge < -0.3 is 30.1 Å². The van der Waals surface area contributed by atoms with Crippen LogP contribution in [0.15, 0.2) is 169 Å². The molecule has 368 valence electrons. The average Bonchev–Trinajstić information content (AvgIpc) is 3.33. The second-order valence-corrected chi connectivity index (χ2v) is 19.1. The standard InChI is InChI=1S/2C25H20ClN3O6S.Ba/c2*1-14-10-18(36(32,33)34)13-21(26)22(14)28-29-23-19-9-4-3-6-15(19)11-20(24(23)30)25(31)27-16-7-5-8-17(12-16)35-2;/h2*3-13,30H,1-2H3,(H,27,31)(H,32,33,34);/q;;+2/p-2. The van der Waals surface area contributed by atoms with Crippen LogP contribution in [0.5, 0.6) is 23.0 Å². The predicted molar refractivity (Wildman–Crippen MR) is 275 cm³/mol. The largest absolute Gasteiger partial charge is 2.00 e. The Bertz CT molecular complexity index is 3740. The quantitative estimate of drug-likeness (QED) is 0.0292. The molecule has 0 bridgehead atoms. The zero-order chi connectivity index (χ0) is 52.1. The number of azo groups is 2. The first kappa shape index (κ1) is 55.9. The number of phenolic OH excluding ortho intramolecular Hbond substituents is 1. The van der Waals surface area contributed by atoms with Crippen molar-refractivity contribution in [2.75, 3.05) is 19.5 Å². The first-order valence-corrected chi connectivity index (χ1v) is 24.5. The zero-order valence-electron chi connectivity index (χ0n) is 38.7. The van der Waals surface area contributed by atoms with E-state index in [1.165, 1.54) is 39.3 Å². The molecule has 4 N–H and O–H groups in total. The van der Waals surface area contributed by atoms with Crippen molar-refractivity contribution in [1.82, 2.24) is 0 Å². The fourth-order valence-electron chi connectivity index (χ4n) is 7.08. The van der Waals surface area contributed by atoms with Gasteiger partial charge >= 0.3 is 48.9 Å². The van der Waals surface area contributed by atoms with Crippen molar-refractivity contribution in [3.63, 3.8) is 0 Å². The normalized spacial score (nSPS) is 11.9. The maximum atomic E-state index is 13.3. The number of rotatable bonds is 12. The topological polar surface area (TPSA) is 284 Å². The smallest absolute Gasteiger partial charge is 0.871 e. The van der Waals surface area contributed by atoms with Crippen LogP contribution in [-0.2, 0) is 20.2 Å². The van der Waals surface area contributed by atoms with Gasteiger partial charge in [0.25, 0.3) is 26.1 Å². The number of halogens is 2. The molecule has 0 saturated carbocycles. The predicted octanol–water partition coefficient (Wildman–Crippen LogP) is 11.0. The second-order valence-electron chi connectivity index (χ2n) is 15.5. The Morgan fingerprint density at radius 3 is 1.59 bits per heavy atom.